The fourth-order valence-corrected chi connectivity index (χ4v) is 2.09. The van der Waals surface area contributed by atoms with Crippen molar-refractivity contribution < 1.29 is 4.79 Å². The van der Waals surface area contributed by atoms with Gasteiger partial charge in [0.25, 0.3) is 0 Å². The molecule has 0 N–H and O–H groups in total. The van der Waals surface area contributed by atoms with Gasteiger partial charge in [0, 0.05) is 21.9 Å². The van der Waals surface area contributed by atoms with Crippen LogP contribution in [0.3, 0.4) is 0 Å². The number of hydrogen-bond donors (Lipinski definition) is 0. The van der Waals surface area contributed by atoms with Gasteiger partial charge >= 0.3 is 0 Å². The number of aryl methyl sites for hydroxylation is 1. The lowest BCUT2D eigenvalue weighted by Crippen LogP contribution is -1.98. The zero-order valence-corrected chi connectivity index (χ0v) is 9.41. The van der Waals surface area contributed by atoms with E-state index in [0.29, 0.717) is 0 Å². The summed E-state index contributed by atoms with van der Waals surface area (Å²) in [5, 5.41) is 1.10. The monoisotopic (exact) mass is 251 g/mol. The molecule has 0 atom stereocenters. The van der Waals surface area contributed by atoms with E-state index < -0.39 is 0 Å². The number of hydrogen-bond acceptors (Lipinski definition) is 1. The summed E-state index contributed by atoms with van der Waals surface area (Å²) in [5.74, 6) is 0. The Kier molecular flexibility index (Phi) is 2.42. The minimum atomic E-state index is 0.737. The third kappa shape index (κ3) is 1.38. The number of fused-ring (bicyclic) bond motifs is 1. The highest BCUT2D eigenvalue weighted by Crippen LogP contribution is 2.22. The van der Waals surface area contributed by atoms with Crippen LogP contribution in [0.1, 0.15) is 17.4 Å². The molecule has 14 heavy (non-hydrogen) atoms. The van der Waals surface area contributed by atoms with Crippen LogP contribution in [0.2, 0.25) is 0 Å². The first-order chi connectivity index (χ1) is 6.76. The maximum absolute atomic E-state index is 10.8. The summed E-state index contributed by atoms with van der Waals surface area (Å²) < 4.78 is 3.05. The Morgan fingerprint density at radius 3 is 2.86 bits per heavy atom. The summed E-state index contributed by atoms with van der Waals surface area (Å²) in [4.78, 5) is 10.8. The second-order valence-corrected chi connectivity index (χ2v) is 4.05. The Bertz CT molecular complexity index is 487. The van der Waals surface area contributed by atoms with Gasteiger partial charge in [-0.1, -0.05) is 15.9 Å². The Balaban J connectivity index is 2.79. The van der Waals surface area contributed by atoms with Crippen molar-refractivity contribution in [1.29, 1.82) is 0 Å². The van der Waals surface area contributed by atoms with E-state index in [1.54, 1.807) is 0 Å². The molecule has 72 valence electrons. The number of nitrogens with zero attached hydrogens (tertiary/aromatic N) is 1. The fraction of sp³-hybridized carbons (Fsp3) is 0.182. The van der Waals surface area contributed by atoms with E-state index >= 15 is 0 Å². The molecule has 0 unspecified atom stereocenters. The minimum Gasteiger partial charge on any atom is -0.339 e. The van der Waals surface area contributed by atoms with E-state index in [2.05, 4.69) is 15.9 Å². The van der Waals surface area contributed by atoms with Gasteiger partial charge < -0.3 is 4.57 Å². The van der Waals surface area contributed by atoms with E-state index in [0.717, 1.165) is 33.9 Å². The molecule has 3 heteroatoms. The van der Waals surface area contributed by atoms with Crippen molar-refractivity contribution in [3.05, 3.63) is 34.4 Å². The quantitative estimate of drug-likeness (QED) is 0.752. The molecule has 0 saturated heterocycles. The molecular formula is C11H10BrNO. The summed E-state index contributed by atoms with van der Waals surface area (Å²) in [5.41, 5.74) is 1.85. The van der Waals surface area contributed by atoms with Crippen LogP contribution in [-0.2, 0) is 6.54 Å². The van der Waals surface area contributed by atoms with Crippen LogP contribution in [0.4, 0.5) is 0 Å². The van der Waals surface area contributed by atoms with Gasteiger partial charge in [-0.15, -0.1) is 0 Å². The van der Waals surface area contributed by atoms with Crippen molar-refractivity contribution in [1.82, 2.24) is 4.57 Å². The van der Waals surface area contributed by atoms with Gasteiger partial charge in [0.1, 0.15) is 0 Å². The van der Waals surface area contributed by atoms with Gasteiger partial charge in [0.05, 0.1) is 5.69 Å². The van der Waals surface area contributed by atoms with Crippen molar-refractivity contribution in [3.8, 4) is 0 Å². The maximum atomic E-state index is 10.8. The molecule has 0 aliphatic heterocycles. The second-order valence-electron chi connectivity index (χ2n) is 3.13. The van der Waals surface area contributed by atoms with E-state index in [-0.39, 0.29) is 0 Å². The lowest BCUT2D eigenvalue weighted by molar-refractivity contribution is 0.111. The smallest absolute Gasteiger partial charge is 0.166 e. The SMILES string of the molecule is CCn1c(C=O)cc2cc(Br)ccc21. The molecule has 0 spiro atoms. The van der Waals surface area contributed by atoms with E-state index in [1.165, 1.54) is 0 Å². The standard InChI is InChI=1S/C11H10BrNO/c1-2-13-10(7-14)6-8-5-9(12)3-4-11(8)13/h3-7H,2H2,1H3. The van der Waals surface area contributed by atoms with E-state index in [1.807, 2.05) is 35.8 Å². The number of aromatic nitrogens is 1. The average molecular weight is 252 g/mol. The molecule has 2 aromatic rings. The van der Waals surface area contributed by atoms with Crippen molar-refractivity contribution in [3.63, 3.8) is 0 Å². The molecule has 0 amide bonds. The molecule has 0 aliphatic rings. The molecular weight excluding hydrogens is 242 g/mol. The maximum Gasteiger partial charge on any atom is 0.166 e. The highest BCUT2D eigenvalue weighted by molar-refractivity contribution is 9.10. The Morgan fingerprint density at radius 2 is 2.21 bits per heavy atom. The summed E-state index contributed by atoms with van der Waals surface area (Å²) in [6.07, 6.45) is 0.900. The zero-order valence-electron chi connectivity index (χ0n) is 7.83. The second kappa shape index (κ2) is 3.58. The van der Waals surface area contributed by atoms with Crippen LogP contribution in [0, 0.1) is 0 Å². The Labute approximate surface area is 90.7 Å². The number of rotatable bonds is 2. The first kappa shape index (κ1) is 9.46. The summed E-state index contributed by atoms with van der Waals surface area (Å²) >= 11 is 3.41. The first-order valence-corrected chi connectivity index (χ1v) is 5.29. The van der Waals surface area contributed by atoms with Crippen LogP contribution < -0.4 is 0 Å². The lowest BCUT2D eigenvalue weighted by atomic mass is 10.2. The summed E-state index contributed by atoms with van der Waals surface area (Å²) in [6.45, 7) is 2.85. The van der Waals surface area contributed by atoms with Crippen LogP contribution in [-0.4, -0.2) is 10.9 Å². The van der Waals surface area contributed by atoms with Gasteiger partial charge in [0.2, 0.25) is 0 Å². The van der Waals surface area contributed by atoms with E-state index in [4.69, 9.17) is 0 Å². The zero-order chi connectivity index (χ0) is 10.1. The van der Waals surface area contributed by atoms with Crippen LogP contribution in [0.15, 0.2) is 28.7 Å². The van der Waals surface area contributed by atoms with Crippen LogP contribution >= 0.6 is 15.9 Å². The highest BCUT2D eigenvalue weighted by Gasteiger charge is 2.06. The van der Waals surface area contributed by atoms with Crippen LogP contribution in [0.25, 0.3) is 10.9 Å². The van der Waals surface area contributed by atoms with Gasteiger partial charge in [-0.05, 0) is 31.2 Å². The van der Waals surface area contributed by atoms with Gasteiger partial charge in [-0.3, -0.25) is 4.79 Å². The lowest BCUT2D eigenvalue weighted by Gasteiger charge is -2.02. The average Bonchev–Trinajstić information content (AvgIpc) is 2.54. The molecule has 2 rings (SSSR count). The molecule has 0 bridgehead atoms. The summed E-state index contributed by atoms with van der Waals surface area (Å²) in [7, 11) is 0. The van der Waals surface area contributed by atoms with E-state index in [9.17, 15) is 4.79 Å². The van der Waals surface area contributed by atoms with Gasteiger partial charge in [0.15, 0.2) is 6.29 Å². The number of halogens is 1. The topological polar surface area (TPSA) is 22.0 Å². The first-order valence-electron chi connectivity index (χ1n) is 4.50. The van der Waals surface area contributed by atoms with Crippen LogP contribution in [0.5, 0.6) is 0 Å². The number of carbonyl (C=O) groups is 1. The normalized spacial score (nSPS) is 10.7. The minimum absolute atomic E-state index is 0.737. The molecule has 0 aliphatic carbocycles. The van der Waals surface area contributed by atoms with Crippen molar-refractivity contribution in [2.75, 3.05) is 0 Å². The predicted molar refractivity (Wildman–Crippen MR) is 60.7 cm³/mol. The highest BCUT2D eigenvalue weighted by atomic mass is 79.9. The number of carbonyl (C=O) groups excluding carboxylic acids is 1. The largest absolute Gasteiger partial charge is 0.339 e. The molecule has 0 radical (unpaired) electrons. The molecule has 0 fully saturated rings. The van der Waals surface area contributed by atoms with Gasteiger partial charge in [-0.25, -0.2) is 0 Å². The summed E-state index contributed by atoms with van der Waals surface area (Å²) in [6, 6.07) is 7.95. The Morgan fingerprint density at radius 1 is 1.43 bits per heavy atom. The fourth-order valence-electron chi connectivity index (χ4n) is 1.71. The Hall–Kier alpha value is -1.09. The third-order valence-electron chi connectivity index (χ3n) is 2.33. The molecule has 1 aromatic heterocycles. The van der Waals surface area contributed by atoms with Crippen molar-refractivity contribution in [2.24, 2.45) is 0 Å². The van der Waals surface area contributed by atoms with Gasteiger partial charge in [-0.2, -0.15) is 0 Å². The number of aldehydes is 1. The number of benzene rings is 1. The molecule has 1 heterocycles. The molecule has 1 aromatic carbocycles. The molecule has 0 saturated carbocycles. The predicted octanol–water partition coefficient (Wildman–Crippen LogP) is 3.24. The third-order valence-corrected chi connectivity index (χ3v) is 2.83. The van der Waals surface area contributed by atoms with Crippen molar-refractivity contribution >= 4 is 33.1 Å². The van der Waals surface area contributed by atoms with Crippen molar-refractivity contribution in [2.45, 2.75) is 13.5 Å². The molecule has 2 nitrogen and oxygen atoms in total.